The van der Waals surface area contributed by atoms with E-state index in [9.17, 15) is 0 Å². The molecule has 0 aliphatic carbocycles. The summed E-state index contributed by atoms with van der Waals surface area (Å²) in [6.07, 6.45) is 0. The predicted octanol–water partition coefficient (Wildman–Crippen LogP) is 4.48. The van der Waals surface area contributed by atoms with Crippen LogP contribution in [0.5, 0.6) is 0 Å². The summed E-state index contributed by atoms with van der Waals surface area (Å²) in [5, 5.41) is 15.4. The third kappa shape index (κ3) is 1.46. The molecule has 4 rings (SSSR count). The van der Waals surface area contributed by atoms with Crippen molar-refractivity contribution < 1.29 is 0 Å². The fraction of sp³-hybridized carbons (Fsp3) is 0. The van der Waals surface area contributed by atoms with Gasteiger partial charge in [-0.2, -0.15) is 0 Å². The number of fused-ring (bicyclic) bond motifs is 1. The number of thiophene rings is 3. The fourth-order valence-electron chi connectivity index (χ4n) is 1.90. The van der Waals surface area contributed by atoms with Crippen LogP contribution < -0.4 is 0 Å². The summed E-state index contributed by atoms with van der Waals surface area (Å²) in [4.78, 5) is 4.95. The zero-order chi connectivity index (χ0) is 11.9. The Morgan fingerprint density at radius 1 is 0.944 bits per heavy atom. The Hall–Kier alpha value is -1.50. The minimum Gasteiger partial charge on any atom is -0.256 e. The van der Waals surface area contributed by atoms with Crippen LogP contribution in [0.4, 0.5) is 0 Å². The van der Waals surface area contributed by atoms with E-state index in [4.69, 9.17) is 0 Å². The van der Waals surface area contributed by atoms with Crippen molar-refractivity contribution >= 4 is 45.0 Å². The highest BCUT2D eigenvalue weighted by atomic mass is 32.1. The topological polar surface area (TPSA) is 41.6 Å². The minimum absolute atomic E-state index is 0.978. The molecule has 0 amide bonds. The Morgan fingerprint density at radius 3 is 2.33 bits per heavy atom. The summed E-state index contributed by atoms with van der Waals surface area (Å²) in [6, 6.07) is 8.40. The van der Waals surface area contributed by atoms with Crippen LogP contribution in [-0.2, 0) is 0 Å². The molecular weight excluding hydrogens is 282 g/mol. The lowest BCUT2D eigenvalue weighted by Gasteiger charge is -1.90. The van der Waals surface area contributed by atoms with Crippen molar-refractivity contribution in [2.24, 2.45) is 0 Å². The Bertz CT molecular complexity index is 714. The smallest absolute Gasteiger partial charge is 0.133 e. The van der Waals surface area contributed by atoms with Gasteiger partial charge in [0.15, 0.2) is 0 Å². The van der Waals surface area contributed by atoms with Crippen molar-refractivity contribution in [1.82, 2.24) is 15.4 Å². The summed E-state index contributed by atoms with van der Waals surface area (Å²) >= 11 is 5.26. The molecular formula is C12H7N3S3. The first kappa shape index (κ1) is 10.4. The molecule has 0 spiro atoms. The molecule has 0 saturated carbocycles. The van der Waals surface area contributed by atoms with Gasteiger partial charge in [-0.15, -0.1) is 39.1 Å². The van der Waals surface area contributed by atoms with E-state index in [0.29, 0.717) is 0 Å². The van der Waals surface area contributed by atoms with Gasteiger partial charge in [0.05, 0.1) is 9.75 Å². The average molecular weight is 289 g/mol. The Balaban J connectivity index is 2.03. The molecule has 4 aromatic rings. The van der Waals surface area contributed by atoms with Gasteiger partial charge >= 0.3 is 0 Å². The summed E-state index contributed by atoms with van der Waals surface area (Å²) < 4.78 is 0. The van der Waals surface area contributed by atoms with Gasteiger partial charge in [0, 0.05) is 9.75 Å². The van der Waals surface area contributed by atoms with Crippen LogP contribution in [0.1, 0.15) is 0 Å². The van der Waals surface area contributed by atoms with Crippen LogP contribution in [0.2, 0.25) is 0 Å². The molecule has 0 aliphatic heterocycles. The second-order valence-electron chi connectivity index (χ2n) is 3.75. The van der Waals surface area contributed by atoms with Crippen LogP contribution in [0.25, 0.3) is 30.5 Å². The summed E-state index contributed by atoms with van der Waals surface area (Å²) in [5.74, 6) is 0. The molecule has 0 unspecified atom stereocenters. The van der Waals surface area contributed by atoms with Gasteiger partial charge < -0.3 is 0 Å². The SMILES string of the molecule is c1csc(-c2sc(-c3cccs3)c3[nH]nnc23)c1. The molecule has 0 radical (unpaired) electrons. The molecule has 0 aromatic carbocycles. The van der Waals surface area contributed by atoms with Gasteiger partial charge in [0.1, 0.15) is 11.0 Å². The van der Waals surface area contributed by atoms with Crippen LogP contribution in [-0.4, -0.2) is 15.4 Å². The molecule has 0 atom stereocenters. The first-order chi connectivity index (χ1) is 8.93. The number of aromatic nitrogens is 3. The molecule has 0 saturated heterocycles. The number of rotatable bonds is 2. The zero-order valence-electron chi connectivity index (χ0n) is 9.08. The Morgan fingerprint density at radius 2 is 1.67 bits per heavy atom. The van der Waals surface area contributed by atoms with E-state index >= 15 is 0 Å². The number of aromatic amines is 1. The quantitative estimate of drug-likeness (QED) is 0.591. The first-order valence-corrected chi connectivity index (χ1v) is 7.92. The highest BCUT2D eigenvalue weighted by Crippen LogP contribution is 2.44. The van der Waals surface area contributed by atoms with Crippen molar-refractivity contribution in [1.29, 1.82) is 0 Å². The van der Waals surface area contributed by atoms with E-state index in [1.807, 2.05) is 0 Å². The largest absolute Gasteiger partial charge is 0.256 e. The molecule has 4 heterocycles. The van der Waals surface area contributed by atoms with Crippen LogP contribution in [0.15, 0.2) is 35.0 Å². The van der Waals surface area contributed by atoms with Crippen molar-refractivity contribution in [3.8, 4) is 19.5 Å². The number of nitrogens with zero attached hydrogens (tertiary/aromatic N) is 2. The maximum absolute atomic E-state index is 4.22. The van der Waals surface area contributed by atoms with Gasteiger partial charge in [0.2, 0.25) is 0 Å². The van der Waals surface area contributed by atoms with E-state index in [0.717, 1.165) is 11.0 Å². The number of H-pyrrole nitrogens is 1. The van der Waals surface area contributed by atoms with Crippen molar-refractivity contribution in [2.75, 3.05) is 0 Å². The Kier molecular flexibility index (Phi) is 2.32. The second-order valence-corrected chi connectivity index (χ2v) is 6.67. The van der Waals surface area contributed by atoms with E-state index < -0.39 is 0 Å². The summed E-state index contributed by atoms with van der Waals surface area (Å²) in [5.41, 5.74) is 2.02. The van der Waals surface area contributed by atoms with E-state index in [1.165, 1.54) is 19.5 Å². The normalized spacial score (nSPS) is 11.3. The lowest BCUT2D eigenvalue weighted by Crippen LogP contribution is -1.70. The first-order valence-electron chi connectivity index (χ1n) is 5.35. The van der Waals surface area contributed by atoms with Crippen molar-refractivity contribution in [3.63, 3.8) is 0 Å². The predicted molar refractivity (Wildman–Crippen MR) is 78.4 cm³/mol. The number of nitrogens with one attached hydrogen (secondary N) is 1. The van der Waals surface area contributed by atoms with Gasteiger partial charge in [-0.1, -0.05) is 17.3 Å². The molecule has 0 fully saturated rings. The van der Waals surface area contributed by atoms with Gasteiger partial charge in [-0.25, -0.2) is 0 Å². The van der Waals surface area contributed by atoms with E-state index in [2.05, 4.69) is 50.4 Å². The highest BCUT2D eigenvalue weighted by molar-refractivity contribution is 7.27. The Labute approximate surface area is 115 Å². The van der Waals surface area contributed by atoms with Crippen molar-refractivity contribution in [2.45, 2.75) is 0 Å². The van der Waals surface area contributed by atoms with Crippen LogP contribution in [0.3, 0.4) is 0 Å². The molecule has 0 bridgehead atoms. The second kappa shape index (κ2) is 4.01. The maximum atomic E-state index is 4.22. The van der Waals surface area contributed by atoms with E-state index in [-0.39, 0.29) is 0 Å². The van der Waals surface area contributed by atoms with Crippen LogP contribution >= 0.6 is 34.0 Å². The van der Waals surface area contributed by atoms with Gasteiger partial charge in [-0.05, 0) is 22.9 Å². The molecule has 0 aliphatic rings. The van der Waals surface area contributed by atoms with Gasteiger partial charge in [-0.3, -0.25) is 5.10 Å². The lowest BCUT2D eigenvalue weighted by molar-refractivity contribution is 0.960. The number of hydrogen-bond donors (Lipinski definition) is 1. The molecule has 6 heteroatoms. The van der Waals surface area contributed by atoms with Crippen LogP contribution in [0, 0.1) is 0 Å². The standard InChI is InChI=1S/C12H7N3S3/c1-3-7(16-5-1)11-9-10(14-15-13-9)12(18-11)8-4-2-6-17-8/h1-6H,(H,13,14). The lowest BCUT2D eigenvalue weighted by atomic mass is 10.3. The summed E-state index contributed by atoms with van der Waals surface area (Å²) in [6.45, 7) is 0. The number of hydrogen-bond acceptors (Lipinski definition) is 5. The molecule has 3 nitrogen and oxygen atoms in total. The maximum Gasteiger partial charge on any atom is 0.133 e. The third-order valence-electron chi connectivity index (χ3n) is 2.68. The molecule has 1 N–H and O–H groups in total. The summed E-state index contributed by atoms with van der Waals surface area (Å²) in [7, 11) is 0. The van der Waals surface area contributed by atoms with E-state index in [1.54, 1.807) is 34.0 Å². The zero-order valence-corrected chi connectivity index (χ0v) is 11.5. The van der Waals surface area contributed by atoms with Crippen molar-refractivity contribution in [3.05, 3.63) is 35.0 Å². The molecule has 88 valence electrons. The fourth-order valence-corrected chi connectivity index (χ4v) is 4.80. The monoisotopic (exact) mass is 289 g/mol. The highest BCUT2D eigenvalue weighted by Gasteiger charge is 2.18. The minimum atomic E-state index is 0.978. The van der Waals surface area contributed by atoms with Gasteiger partial charge in [0.25, 0.3) is 0 Å². The average Bonchev–Trinajstić information content (AvgIpc) is 3.14. The molecule has 18 heavy (non-hydrogen) atoms. The third-order valence-corrected chi connectivity index (χ3v) is 5.96. The molecule has 4 aromatic heterocycles.